The van der Waals surface area contributed by atoms with Crippen LogP contribution in [-0.2, 0) is 14.9 Å². The minimum absolute atomic E-state index is 0.0524. The average Bonchev–Trinajstić information content (AvgIpc) is 2.95. The topological polar surface area (TPSA) is 117 Å². The lowest BCUT2D eigenvalue weighted by atomic mass is 10.0. The summed E-state index contributed by atoms with van der Waals surface area (Å²) in [6.07, 6.45) is 16.5. The SMILES string of the molecule is CCCCCCCCC(CCCCCCCCC(=O)NCCS(=O)(=O)O)Oc1ccc(N=Nc2ccccc2)cc1. The van der Waals surface area contributed by atoms with Gasteiger partial charge in [0.15, 0.2) is 0 Å². The van der Waals surface area contributed by atoms with E-state index < -0.39 is 15.9 Å². The number of unbranched alkanes of at least 4 members (excludes halogenated alkanes) is 10. The molecule has 0 spiro atoms. The third kappa shape index (κ3) is 18.3. The lowest BCUT2D eigenvalue weighted by Gasteiger charge is -2.19. The zero-order chi connectivity index (χ0) is 29.6. The van der Waals surface area contributed by atoms with E-state index >= 15 is 0 Å². The number of amides is 1. The van der Waals surface area contributed by atoms with E-state index in [0.29, 0.717) is 6.42 Å². The monoisotopic (exact) mass is 587 g/mol. The second-order valence-corrected chi connectivity index (χ2v) is 12.2. The second kappa shape index (κ2) is 21.0. The number of azo groups is 1. The fourth-order valence-corrected chi connectivity index (χ4v) is 4.94. The van der Waals surface area contributed by atoms with Crippen LogP contribution < -0.4 is 10.1 Å². The summed E-state index contributed by atoms with van der Waals surface area (Å²) < 4.78 is 36.5. The molecule has 0 aliphatic rings. The Morgan fingerprint density at radius 2 is 1.32 bits per heavy atom. The van der Waals surface area contributed by atoms with E-state index in [2.05, 4.69) is 22.5 Å². The van der Waals surface area contributed by atoms with Crippen molar-refractivity contribution in [2.75, 3.05) is 12.3 Å². The molecular formula is C32H49N3O5S. The number of hydrogen-bond acceptors (Lipinski definition) is 6. The Morgan fingerprint density at radius 3 is 1.90 bits per heavy atom. The van der Waals surface area contributed by atoms with Crippen LogP contribution in [0, 0.1) is 0 Å². The van der Waals surface area contributed by atoms with Gasteiger partial charge in [-0.15, -0.1) is 0 Å². The van der Waals surface area contributed by atoms with Gasteiger partial charge in [-0.2, -0.15) is 18.6 Å². The predicted octanol–water partition coefficient (Wildman–Crippen LogP) is 8.72. The molecule has 41 heavy (non-hydrogen) atoms. The molecule has 2 N–H and O–H groups in total. The first-order chi connectivity index (χ1) is 19.9. The Labute approximate surface area is 247 Å². The molecule has 1 atom stereocenters. The van der Waals surface area contributed by atoms with Gasteiger partial charge in [-0.05, 0) is 68.5 Å². The highest BCUT2D eigenvalue weighted by atomic mass is 32.2. The Morgan fingerprint density at radius 1 is 0.780 bits per heavy atom. The molecule has 0 fully saturated rings. The Balaban J connectivity index is 1.69. The third-order valence-corrected chi connectivity index (χ3v) is 7.64. The van der Waals surface area contributed by atoms with Gasteiger partial charge in [0, 0.05) is 13.0 Å². The molecule has 0 saturated carbocycles. The molecular weight excluding hydrogens is 538 g/mol. The highest BCUT2D eigenvalue weighted by molar-refractivity contribution is 7.85. The minimum atomic E-state index is -4.04. The van der Waals surface area contributed by atoms with E-state index in [9.17, 15) is 13.2 Å². The molecule has 228 valence electrons. The molecule has 1 amide bonds. The fourth-order valence-electron chi connectivity index (χ4n) is 4.58. The number of nitrogens with one attached hydrogen (secondary N) is 1. The zero-order valence-electron chi connectivity index (χ0n) is 24.7. The van der Waals surface area contributed by atoms with Gasteiger partial charge in [0.25, 0.3) is 10.1 Å². The number of nitrogens with zero attached hydrogens (tertiary/aromatic N) is 2. The Hall–Kier alpha value is -2.78. The number of ether oxygens (including phenoxy) is 1. The maximum absolute atomic E-state index is 11.7. The van der Waals surface area contributed by atoms with Crippen LogP contribution in [0.2, 0.25) is 0 Å². The van der Waals surface area contributed by atoms with E-state index in [-0.39, 0.29) is 18.6 Å². The summed E-state index contributed by atoms with van der Waals surface area (Å²) in [5.41, 5.74) is 1.62. The molecule has 0 saturated heterocycles. The van der Waals surface area contributed by atoms with Gasteiger partial charge >= 0.3 is 0 Å². The average molecular weight is 588 g/mol. The van der Waals surface area contributed by atoms with Gasteiger partial charge < -0.3 is 10.1 Å². The summed E-state index contributed by atoms with van der Waals surface area (Å²) in [5.74, 6) is 0.249. The van der Waals surface area contributed by atoms with Crippen LogP contribution >= 0.6 is 0 Å². The smallest absolute Gasteiger partial charge is 0.266 e. The maximum atomic E-state index is 11.7. The lowest BCUT2D eigenvalue weighted by Crippen LogP contribution is -2.28. The van der Waals surface area contributed by atoms with Crippen LogP contribution in [0.25, 0.3) is 0 Å². The molecule has 0 aromatic heterocycles. The van der Waals surface area contributed by atoms with Crippen molar-refractivity contribution in [2.45, 2.75) is 109 Å². The van der Waals surface area contributed by atoms with Crippen LogP contribution in [0.3, 0.4) is 0 Å². The van der Waals surface area contributed by atoms with Crippen molar-refractivity contribution in [2.24, 2.45) is 10.2 Å². The van der Waals surface area contributed by atoms with E-state index in [1.54, 1.807) is 0 Å². The number of carbonyl (C=O) groups is 1. The van der Waals surface area contributed by atoms with E-state index in [0.717, 1.165) is 68.5 Å². The van der Waals surface area contributed by atoms with Crippen LogP contribution in [-0.4, -0.2) is 37.3 Å². The van der Waals surface area contributed by atoms with Crippen molar-refractivity contribution >= 4 is 27.4 Å². The number of benzene rings is 2. The minimum Gasteiger partial charge on any atom is -0.490 e. The van der Waals surface area contributed by atoms with Gasteiger partial charge in [-0.1, -0.05) is 82.9 Å². The van der Waals surface area contributed by atoms with Gasteiger partial charge in [-0.3, -0.25) is 9.35 Å². The first kappa shape index (κ1) is 34.4. The first-order valence-corrected chi connectivity index (χ1v) is 16.9. The standard InChI is InChI=1S/C32H49N3O5S/c1-2-3-4-5-8-14-19-30(20-15-9-6-7-10-16-21-32(36)33-26-27-41(37,38)39)40-31-24-22-29(23-25-31)35-34-28-17-12-11-13-18-28/h11-13,17-18,22-25,30H,2-10,14-16,19-21,26-27H2,1H3,(H,33,36)(H,37,38,39). The summed E-state index contributed by atoms with van der Waals surface area (Å²) in [5, 5.41) is 11.1. The Kier molecular flexibility index (Phi) is 17.6. The largest absolute Gasteiger partial charge is 0.490 e. The van der Waals surface area contributed by atoms with Crippen LogP contribution in [0.5, 0.6) is 5.75 Å². The van der Waals surface area contributed by atoms with Crippen molar-refractivity contribution in [3.05, 3.63) is 54.6 Å². The van der Waals surface area contributed by atoms with Crippen molar-refractivity contribution in [3.8, 4) is 5.75 Å². The molecule has 2 aromatic carbocycles. The molecule has 8 nitrogen and oxygen atoms in total. The molecule has 0 heterocycles. The molecule has 0 bridgehead atoms. The highest BCUT2D eigenvalue weighted by Crippen LogP contribution is 2.24. The molecule has 0 radical (unpaired) electrons. The summed E-state index contributed by atoms with van der Waals surface area (Å²) >= 11 is 0. The number of hydrogen-bond donors (Lipinski definition) is 2. The normalized spacial score (nSPS) is 12.4. The highest BCUT2D eigenvalue weighted by Gasteiger charge is 2.11. The predicted molar refractivity (Wildman–Crippen MR) is 166 cm³/mol. The summed E-state index contributed by atoms with van der Waals surface area (Å²) in [6.45, 7) is 2.19. The third-order valence-electron chi connectivity index (χ3n) is 6.92. The van der Waals surface area contributed by atoms with Crippen molar-refractivity contribution in [1.29, 1.82) is 0 Å². The van der Waals surface area contributed by atoms with Crippen LogP contribution in [0.1, 0.15) is 103 Å². The summed E-state index contributed by atoms with van der Waals surface area (Å²) in [4.78, 5) is 11.7. The zero-order valence-corrected chi connectivity index (χ0v) is 25.5. The van der Waals surface area contributed by atoms with Crippen molar-refractivity contribution in [3.63, 3.8) is 0 Å². The van der Waals surface area contributed by atoms with Gasteiger partial charge in [0.05, 0.1) is 23.2 Å². The van der Waals surface area contributed by atoms with Gasteiger partial charge in [0.1, 0.15) is 5.75 Å². The van der Waals surface area contributed by atoms with Crippen LogP contribution in [0.4, 0.5) is 11.4 Å². The van der Waals surface area contributed by atoms with Crippen molar-refractivity contribution < 1.29 is 22.5 Å². The number of rotatable bonds is 23. The molecule has 2 aromatic rings. The second-order valence-electron chi connectivity index (χ2n) is 10.6. The summed E-state index contributed by atoms with van der Waals surface area (Å²) in [6, 6.07) is 17.5. The molecule has 0 aliphatic heterocycles. The van der Waals surface area contributed by atoms with Gasteiger partial charge in [-0.25, -0.2) is 0 Å². The quantitative estimate of drug-likeness (QED) is 0.0766. The fraction of sp³-hybridized carbons (Fsp3) is 0.594. The molecule has 9 heteroatoms. The van der Waals surface area contributed by atoms with E-state index in [4.69, 9.17) is 9.29 Å². The maximum Gasteiger partial charge on any atom is 0.266 e. The molecule has 1 unspecified atom stereocenters. The summed E-state index contributed by atoms with van der Waals surface area (Å²) in [7, 11) is -4.04. The van der Waals surface area contributed by atoms with Crippen molar-refractivity contribution in [1.82, 2.24) is 5.32 Å². The molecule has 2 rings (SSSR count). The Bertz CT molecular complexity index is 1090. The lowest BCUT2D eigenvalue weighted by molar-refractivity contribution is -0.121. The first-order valence-electron chi connectivity index (χ1n) is 15.3. The van der Waals surface area contributed by atoms with Gasteiger partial charge in [0.2, 0.25) is 5.91 Å². The molecule has 0 aliphatic carbocycles. The van der Waals surface area contributed by atoms with E-state index in [1.165, 1.54) is 38.5 Å². The van der Waals surface area contributed by atoms with Crippen LogP contribution in [0.15, 0.2) is 64.8 Å². The van der Waals surface area contributed by atoms with E-state index in [1.807, 2.05) is 54.6 Å². The number of carbonyl (C=O) groups excluding carboxylic acids is 1.